The lowest BCUT2D eigenvalue weighted by Crippen LogP contribution is -2.31. The van der Waals surface area contributed by atoms with Crippen LogP contribution in [0.3, 0.4) is 0 Å². The number of nitrogens with one attached hydrogen (secondary N) is 1. The summed E-state index contributed by atoms with van der Waals surface area (Å²) in [6.45, 7) is 0.857. The first-order valence-electron chi connectivity index (χ1n) is 4.48. The van der Waals surface area contributed by atoms with Gasteiger partial charge in [-0.05, 0) is 6.07 Å². The van der Waals surface area contributed by atoms with E-state index in [9.17, 15) is 4.79 Å². The van der Waals surface area contributed by atoms with E-state index in [0.29, 0.717) is 13.2 Å². The van der Waals surface area contributed by atoms with Gasteiger partial charge in [0.1, 0.15) is 0 Å². The fraction of sp³-hybridized carbons (Fsp3) is 0.444. The fourth-order valence-corrected chi connectivity index (χ4v) is 0.834. The molecule has 82 valence electrons. The minimum absolute atomic E-state index is 0.0896. The molecule has 0 saturated heterocycles. The van der Waals surface area contributed by atoms with Gasteiger partial charge in [-0.2, -0.15) is 0 Å². The molecule has 6 nitrogen and oxygen atoms in total. The Labute approximate surface area is 87.6 Å². The van der Waals surface area contributed by atoms with Crippen molar-refractivity contribution in [3.63, 3.8) is 0 Å². The molecule has 0 saturated carbocycles. The molecule has 0 fully saturated rings. The number of aromatic nitrogens is 2. The molecular formula is C9H13N3O3. The lowest BCUT2D eigenvalue weighted by molar-refractivity contribution is -0.123. The normalized spacial score (nSPS) is 9.67. The minimum Gasteiger partial charge on any atom is -0.453 e. The predicted molar refractivity (Wildman–Crippen MR) is 52.4 cm³/mol. The van der Waals surface area contributed by atoms with Gasteiger partial charge in [-0.3, -0.25) is 4.79 Å². The molecule has 0 aromatic carbocycles. The summed E-state index contributed by atoms with van der Waals surface area (Å²) in [6, 6.07) is 1.87. The molecule has 0 atom stereocenters. The maximum atomic E-state index is 11.1. The third kappa shape index (κ3) is 4.92. The lowest BCUT2D eigenvalue weighted by atomic mass is 10.6. The van der Waals surface area contributed by atoms with Crippen LogP contribution in [0.25, 0.3) is 0 Å². The van der Waals surface area contributed by atoms with Crippen molar-refractivity contribution >= 4 is 5.91 Å². The number of methoxy groups -OCH3 is 1. The zero-order valence-electron chi connectivity index (χ0n) is 8.47. The summed E-state index contributed by atoms with van der Waals surface area (Å²) in [6.07, 6.45) is 3.09. The summed E-state index contributed by atoms with van der Waals surface area (Å²) < 4.78 is 9.80. The van der Waals surface area contributed by atoms with E-state index in [0.717, 1.165) is 0 Å². The third-order valence-corrected chi connectivity index (χ3v) is 1.50. The minimum atomic E-state index is -0.223. The molecule has 0 aliphatic rings. The number of nitrogens with zero attached hydrogens (tertiary/aromatic N) is 2. The van der Waals surface area contributed by atoms with Crippen LogP contribution in [0.15, 0.2) is 18.5 Å². The highest BCUT2D eigenvalue weighted by Crippen LogP contribution is 1.96. The molecule has 1 aromatic rings. The first kappa shape index (κ1) is 11.4. The second-order valence-corrected chi connectivity index (χ2v) is 2.66. The summed E-state index contributed by atoms with van der Waals surface area (Å²) in [5.74, 6) is -0.223. The molecule has 1 rings (SSSR count). The molecule has 1 heterocycles. The molecule has 0 aliphatic heterocycles. The number of rotatable bonds is 6. The van der Waals surface area contributed by atoms with Crippen LogP contribution in [0.4, 0.5) is 0 Å². The van der Waals surface area contributed by atoms with Gasteiger partial charge >= 0.3 is 6.01 Å². The summed E-state index contributed by atoms with van der Waals surface area (Å²) in [7, 11) is 1.57. The highest BCUT2D eigenvalue weighted by molar-refractivity contribution is 5.77. The third-order valence-electron chi connectivity index (χ3n) is 1.50. The summed E-state index contributed by atoms with van der Waals surface area (Å²) >= 11 is 0. The van der Waals surface area contributed by atoms with E-state index < -0.39 is 0 Å². The van der Waals surface area contributed by atoms with Gasteiger partial charge in [-0.25, -0.2) is 9.97 Å². The van der Waals surface area contributed by atoms with E-state index in [1.54, 1.807) is 25.6 Å². The molecule has 6 heteroatoms. The van der Waals surface area contributed by atoms with Crippen molar-refractivity contribution in [3.8, 4) is 6.01 Å². The molecule has 1 N–H and O–H groups in total. The Morgan fingerprint density at radius 3 is 2.87 bits per heavy atom. The maximum Gasteiger partial charge on any atom is 0.316 e. The fourth-order valence-electron chi connectivity index (χ4n) is 0.834. The standard InChI is InChI=1S/C9H13N3O3/c1-14-6-5-10-8(13)7-15-9-11-3-2-4-12-9/h2-4H,5-7H2,1H3,(H,10,13). The molecule has 0 bridgehead atoms. The van der Waals surface area contributed by atoms with E-state index in [1.165, 1.54) is 0 Å². The number of carbonyl (C=O) groups excluding carboxylic acids is 1. The summed E-state index contributed by atoms with van der Waals surface area (Å²) in [5.41, 5.74) is 0. The first-order chi connectivity index (χ1) is 7.33. The van der Waals surface area contributed by atoms with Gasteiger partial charge in [0, 0.05) is 26.0 Å². The number of hydrogen-bond donors (Lipinski definition) is 1. The Kier molecular flexibility index (Phi) is 5.10. The number of hydrogen-bond acceptors (Lipinski definition) is 5. The van der Waals surface area contributed by atoms with Crippen LogP contribution in [0, 0.1) is 0 Å². The van der Waals surface area contributed by atoms with Crippen LogP contribution in [-0.2, 0) is 9.53 Å². The van der Waals surface area contributed by atoms with Gasteiger partial charge in [0.2, 0.25) is 0 Å². The Bertz CT molecular complexity index is 292. The van der Waals surface area contributed by atoms with Gasteiger partial charge in [0.05, 0.1) is 6.61 Å². The molecule has 1 amide bonds. The van der Waals surface area contributed by atoms with Crippen molar-refractivity contribution in [1.82, 2.24) is 15.3 Å². The topological polar surface area (TPSA) is 73.3 Å². The molecule has 0 aliphatic carbocycles. The van der Waals surface area contributed by atoms with Gasteiger partial charge in [-0.1, -0.05) is 0 Å². The van der Waals surface area contributed by atoms with Crippen LogP contribution in [0.1, 0.15) is 0 Å². The van der Waals surface area contributed by atoms with Gasteiger partial charge in [0.25, 0.3) is 5.91 Å². The van der Waals surface area contributed by atoms with Crippen molar-refractivity contribution < 1.29 is 14.3 Å². The molecule has 15 heavy (non-hydrogen) atoms. The van der Waals surface area contributed by atoms with Crippen LogP contribution >= 0.6 is 0 Å². The predicted octanol–water partition coefficient (Wildman–Crippen LogP) is -0.382. The van der Waals surface area contributed by atoms with Crippen LogP contribution in [-0.4, -0.2) is 42.7 Å². The molecule has 0 unspecified atom stereocenters. The lowest BCUT2D eigenvalue weighted by Gasteiger charge is -2.04. The average Bonchev–Trinajstić information content (AvgIpc) is 2.28. The first-order valence-corrected chi connectivity index (χ1v) is 4.48. The highest BCUT2D eigenvalue weighted by Gasteiger charge is 2.02. The van der Waals surface area contributed by atoms with Gasteiger partial charge in [0.15, 0.2) is 6.61 Å². The van der Waals surface area contributed by atoms with Crippen molar-refractivity contribution in [2.45, 2.75) is 0 Å². The Morgan fingerprint density at radius 1 is 1.47 bits per heavy atom. The molecular weight excluding hydrogens is 198 g/mol. The molecule has 0 spiro atoms. The van der Waals surface area contributed by atoms with Crippen molar-refractivity contribution in [2.75, 3.05) is 26.9 Å². The molecule has 0 radical (unpaired) electrons. The van der Waals surface area contributed by atoms with Crippen LogP contribution in [0.2, 0.25) is 0 Å². The zero-order valence-corrected chi connectivity index (χ0v) is 8.47. The van der Waals surface area contributed by atoms with E-state index >= 15 is 0 Å². The van der Waals surface area contributed by atoms with E-state index in [2.05, 4.69) is 15.3 Å². The molecule has 1 aromatic heterocycles. The quantitative estimate of drug-likeness (QED) is 0.649. The van der Waals surface area contributed by atoms with Crippen molar-refractivity contribution in [2.24, 2.45) is 0 Å². The van der Waals surface area contributed by atoms with Crippen molar-refractivity contribution in [3.05, 3.63) is 18.5 Å². The Hall–Kier alpha value is -1.69. The average molecular weight is 211 g/mol. The van der Waals surface area contributed by atoms with Gasteiger partial charge < -0.3 is 14.8 Å². The monoisotopic (exact) mass is 211 g/mol. The maximum absolute atomic E-state index is 11.1. The van der Waals surface area contributed by atoms with E-state index in [1.807, 2.05) is 0 Å². The number of ether oxygens (including phenoxy) is 2. The Morgan fingerprint density at radius 2 is 2.20 bits per heavy atom. The summed E-state index contributed by atoms with van der Waals surface area (Å²) in [4.78, 5) is 18.8. The number of amides is 1. The highest BCUT2D eigenvalue weighted by atomic mass is 16.5. The smallest absolute Gasteiger partial charge is 0.316 e. The Balaban J connectivity index is 2.17. The second kappa shape index (κ2) is 6.72. The SMILES string of the molecule is COCCNC(=O)COc1ncccn1. The van der Waals surface area contributed by atoms with Gasteiger partial charge in [-0.15, -0.1) is 0 Å². The van der Waals surface area contributed by atoms with E-state index in [4.69, 9.17) is 9.47 Å². The zero-order chi connectivity index (χ0) is 10.9. The second-order valence-electron chi connectivity index (χ2n) is 2.66. The largest absolute Gasteiger partial charge is 0.453 e. The van der Waals surface area contributed by atoms with Crippen LogP contribution in [0.5, 0.6) is 6.01 Å². The van der Waals surface area contributed by atoms with Crippen molar-refractivity contribution in [1.29, 1.82) is 0 Å². The van der Waals surface area contributed by atoms with E-state index in [-0.39, 0.29) is 18.5 Å². The summed E-state index contributed by atoms with van der Waals surface area (Å²) in [5, 5.41) is 2.61. The number of carbonyl (C=O) groups is 1. The van der Waals surface area contributed by atoms with Crippen LogP contribution < -0.4 is 10.1 Å².